The van der Waals surface area contributed by atoms with Crippen LogP contribution in [-0.2, 0) is 11.3 Å². The Balaban J connectivity index is 2.00. The summed E-state index contributed by atoms with van der Waals surface area (Å²) in [7, 11) is 0. The number of hydrogen-bond acceptors (Lipinski definition) is 2. The van der Waals surface area contributed by atoms with Crippen LogP contribution in [0, 0.1) is 5.92 Å². The SMILES string of the molecule is C[C@H]1C=C[C@H](OCc2ccccc2)[C@H](O)C1(F)F. The highest BCUT2D eigenvalue weighted by molar-refractivity contribution is 5.14. The molecule has 1 aromatic rings. The molecule has 0 saturated heterocycles. The first-order valence-corrected chi connectivity index (χ1v) is 5.91. The number of aliphatic hydroxyl groups is 1. The third-order valence-corrected chi connectivity index (χ3v) is 3.19. The summed E-state index contributed by atoms with van der Waals surface area (Å²) in [6, 6.07) is 9.26. The zero-order chi connectivity index (χ0) is 13.2. The molecule has 0 radical (unpaired) electrons. The van der Waals surface area contributed by atoms with E-state index in [-0.39, 0.29) is 6.61 Å². The molecular weight excluding hydrogens is 238 g/mol. The van der Waals surface area contributed by atoms with Crippen molar-refractivity contribution < 1.29 is 18.6 Å². The van der Waals surface area contributed by atoms with Gasteiger partial charge in [0.05, 0.1) is 6.61 Å². The van der Waals surface area contributed by atoms with Crippen molar-refractivity contribution in [3.63, 3.8) is 0 Å². The van der Waals surface area contributed by atoms with E-state index < -0.39 is 24.0 Å². The van der Waals surface area contributed by atoms with Crippen LogP contribution in [0.3, 0.4) is 0 Å². The van der Waals surface area contributed by atoms with Gasteiger partial charge in [-0.1, -0.05) is 49.4 Å². The summed E-state index contributed by atoms with van der Waals surface area (Å²) in [5.74, 6) is -4.11. The second-order valence-corrected chi connectivity index (χ2v) is 4.55. The molecule has 0 amide bonds. The van der Waals surface area contributed by atoms with Crippen molar-refractivity contribution in [3.8, 4) is 0 Å². The third-order valence-electron chi connectivity index (χ3n) is 3.19. The van der Waals surface area contributed by atoms with E-state index in [9.17, 15) is 13.9 Å². The topological polar surface area (TPSA) is 29.5 Å². The van der Waals surface area contributed by atoms with Crippen LogP contribution >= 0.6 is 0 Å². The van der Waals surface area contributed by atoms with E-state index in [0.717, 1.165) is 5.56 Å². The normalized spacial score (nSPS) is 30.3. The molecule has 0 aromatic heterocycles. The number of allylic oxidation sites excluding steroid dienone is 1. The number of benzene rings is 1. The maximum atomic E-state index is 13.6. The maximum absolute atomic E-state index is 13.6. The minimum Gasteiger partial charge on any atom is -0.384 e. The molecule has 2 rings (SSSR count). The zero-order valence-corrected chi connectivity index (χ0v) is 10.1. The van der Waals surface area contributed by atoms with E-state index in [4.69, 9.17) is 4.74 Å². The molecule has 0 spiro atoms. The average Bonchev–Trinajstić information content (AvgIpc) is 2.37. The highest BCUT2D eigenvalue weighted by atomic mass is 19.3. The van der Waals surface area contributed by atoms with Crippen LogP contribution in [0.5, 0.6) is 0 Å². The van der Waals surface area contributed by atoms with Crippen LogP contribution < -0.4 is 0 Å². The molecule has 1 aliphatic rings. The summed E-state index contributed by atoms with van der Waals surface area (Å²) in [5, 5.41) is 9.62. The predicted molar refractivity (Wildman–Crippen MR) is 64.3 cm³/mol. The second-order valence-electron chi connectivity index (χ2n) is 4.55. The van der Waals surface area contributed by atoms with E-state index in [1.54, 1.807) is 0 Å². The first-order chi connectivity index (χ1) is 8.51. The standard InChI is InChI=1S/C14H16F2O2/c1-10-7-8-12(13(17)14(10,15)16)18-9-11-5-3-2-4-6-11/h2-8,10,12-13,17H,9H2,1H3/t10-,12-,13-/m0/s1. The number of aliphatic hydroxyl groups excluding tert-OH is 1. The van der Waals surface area contributed by atoms with Gasteiger partial charge in [0.1, 0.15) is 12.2 Å². The molecule has 98 valence electrons. The summed E-state index contributed by atoms with van der Waals surface area (Å²) >= 11 is 0. The van der Waals surface area contributed by atoms with Crippen LogP contribution in [0.15, 0.2) is 42.5 Å². The van der Waals surface area contributed by atoms with Gasteiger partial charge in [0.25, 0.3) is 5.92 Å². The summed E-state index contributed by atoms with van der Waals surface area (Å²) in [6.45, 7) is 1.59. The first kappa shape index (κ1) is 13.2. The molecule has 0 aliphatic heterocycles. The molecule has 1 aliphatic carbocycles. The Morgan fingerprint density at radius 3 is 2.56 bits per heavy atom. The van der Waals surface area contributed by atoms with Crippen LogP contribution in [-0.4, -0.2) is 23.2 Å². The van der Waals surface area contributed by atoms with Gasteiger partial charge in [-0.05, 0) is 5.56 Å². The van der Waals surface area contributed by atoms with Crippen molar-refractivity contribution in [1.29, 1.82) is 0 Å². The van der Waals surface area contributed by atoms with Gasteiger partial charge in [-0.25, -0.2) is 8.78 Å². The summed E-state index contributed by atoms with van der Waals surface area (Å²) in [6.07, 6.45) is 0.149. The molecule has 0 bridgehead atoms. The summed E-state index contributed by atoms with van der Waals surface area (Å²) in [5.41, 5.74) is 0.889. The van der Waals surface area contributed by atoms with Crippen LogP contribution in [0.2, 0.25) is 0 Å². The van der Waals surface area contributed by atoms with Crippen molar-refractivity contribution in [1.82, 2.24) is 0 Å². The quantitative estimate of drug-likeness (QED) is 0.840. The van der Waals surface area contributed by atoms with Crippen molar-refractivity contribution in [2.45, 2.75) is 31.7 Å². The number of rotatable bonds is 3. The fourth-order valence-corrected chi connectivity index (χ4v) is 1.91. The van der Waals surface area contributed by atoms with Gasteiger partial charge in [0, 0.05) is 5.92 Å². The summed E-state index contributed by atoms with van der Waals surface area (Å²) < 4.78 is 32.5. The molecule has 1 aromatic carbocycles. The Morgan fingerprint density at radius 1 is 1.22 bits per heavy atom. The Morgan fingerprint density at radius 2 is 1.89 bits per heavy atom. The van der Waals surface area contributed by atoms with Crippen molar-refractivity contribution in [3.05, 3.63) is 48.0 Å². The van der Waals surface area contributed by atoms with Gasteiger partial charge >= 0.3 is 0 Å². The highest BCUT2D eigenvalue weighted by Crippen LogP contribution is 2.35. The Kier molecular flexibility index (Phi) is 3.78. The van der Waals surface area contributed by atoms with Gasteiger partial charge in [-0.3, -0.25) is 0 Å². The minimum absolute atomic E-state index is 0.206. The molecule has 18 heavy (non-hydrogen) atoms. The monoisotopic (exact) mass is 254 g/mol. The van der Waals surface area contributed by atoms with E-state index in [1.807, 2.05) is 30.3 Å². The maximum Gasteiger partial charge on any atom is 0.282 e. The zero-order valence-electron chi connectivity index (χ0n) is 10.1. The smallest absolute Gasteiger partial charge is 0.282 e. The average molecular weight is 254 g/mol. The van der Waals surface area contributed by atoms with Crippen LogP contribution in [0.4, 0.5) is 8.78 Å². The molecule has 0 unspecified atom stereocenters. The van der Waals surface area contributed by atoms with Gasteiger partial charge < -0.3 is 9.84 Å². The molecule has 0 fully saturated rings. The number of halogens is 2. The Labute approximate surface area is 105 Å². The lowest BCUT2D eigenvalue weighted by Gasteiger charge is -2.34. The first-order valence-electron chi connectivity index (χ1n) is 5.91. The number of ether oxygens (including phenoxy) is 1. The fourth-order valence-electron chi connectivity index (χ4n) is 1.91. The van der Waals surface area contributed by atoms with E-state index in [0.29, 0.717) is 0 Å². The van der Waals surface area contributed by atoms with Crippen molar-refractivity contribution >= 4 is 0 Å². The fraction of sp³-hybridized carbons (Fsp3) is 0.429. The molecule has 1 N–H and O–H groups in total. The van der Waals surface area contributed by atoms with Gasteiger partial charge in [-0.2, -0.15) is 0 Å². The third kappa shape index (κ3) is 2.60. The van der Waals surface area contributed by atoms with E-state index in [1.165, 1.54) is 19.1 Å². The van der Waals surface area contributed by atoms with Crippen molar-refractivity contribution in [2.75, 3.05) is 0 Å². The largest absolute Gasteiger partial charge is 0.384 e. The molecule has 0 saturated carbocycles. The number of hydrogen-bond donors (Lipinski definition) is 1. The Hall–Kier alpha value is -1.26. The lowest BCUT2D eigenvalue weighted by molar-refractivity contribution is -0.180. The lowest BCUT2D eigenvalue weighted by atomic mass is 9.89. The van der Waals surface area contributed by atoms with E-state index >= 15 is 0 Å². The van der Waals surface area contributed by atoms with Gasteiger partial charge in [0.15, 0.2) is 0 Å². The Bertz CT molecular complexity index is 417. The lowest BCUT2D eigenvalue weighted by Crippen LogP contribution is -2.49. The van der Waals surface area contributed by atoms with Gasteiger partial charge in [-0.15, -0.1) is 0 Å². The van der Waals surface area contributed by atoms with Crippen LogP contribution in [0.1, 0.15) is 12.5 Å². The molecule has 0 heterocycles. The number of alkyl halides is 2. The molecular formula is C14H16F2O2. The van der Waals surface area contributed by atoms with E-state index in [2.05, 4.69) is 0 Å². The minimum atomic E-state index is -3.14. The molecule has 2 nitrogen and oxygen atoms in total. The van der Waals surface area contributed by atoms with Crippen LogP contribution in [0.25, 0.3) is 0 Å². The van der Waals surface area contributed by atoms with Gasteiger partial charge in [0.2, 0.25) is 0 Å². The molecule has 3 atom stereocenters. The second kappa shape index (κ2) is 5.16. The van der Waals surface area contributed by atoms with Crippen molar-refractivity contribution in [2.24, 2.45) is 5.92 Å². The highest BCUT2D eigenvalue weighted by Gasteiger charge is 2.49. The summed E-state index contributed by atoms with van der Waals surface area (Å²) in [4.78, 5) is 0. The molecule has 4 heteroatoms. The predicted octanol–water partition coefficient (Wildman–Crippen LogP) is 2.77.